The summed E-state index contributed by atoms with van der Waals surface area (Å²) < 4.78 is 52.7. The predicted molar refractivity (Wildman–Crippen MR) is 116 cm³/mol. The van der Waals surface area contributed by atoms with E-state index in [2.05, 4.69) is 9.82 Å². The molecule has 0 fully saturated rings. The number of anilines is 1. The highest BCUT2D eigenvalue weighted by atomic mass is 32.2. The highest BCUT2D eigenvalue weighted by Crippen LogP contribution is 2.35. The summed E-state index contributed by atoms with van der Waals surface area (Å²) in [7, 11) is -6.88. The predicted octanol–water partition coefficient (Wildman–Crippen LogP) is 3.34. The van der Waals surface area contributed by atoms with Gasteiger partial charge in [0.25, 0.3) is 0 Å². The Balaban J connectivity index is 1.91. The molecule has 2 aromatic rings. The van der Waals surface area contributed by atoms with Crippen LogP contribution in [0.4, 0.5) is 5.69 Å². The van der Waals surface area contributed by atoms with Gasteiger partial charge in [0, 0.05) is 12.1 Å². The molecule has 0 bridgehead atoms. The van der Waals surface area contributed by atoms with Crippen LogP contribution in [0.3, 0.4) is 0 Å². The van der Waals surface area contributed by atoms with Crippen LogP contribution in [0.2, 0.25) is 0 Å². The molecule has 0 radical (unpaired) electrons. The zero-order valence-corrected chi connectivity index (χ0v) is 18.1. The molecular weight excluding hydrogens is 410 g/mol. The maximum Gasteiger partial charge on any atom is 0.250 e. The molecule has 0 saturated heterocycles. The van der Waals surface area contributed by atoms with Gasteiger partial charge >= 0.3 is 0 Å². The molecule has 156 valence electrons. The van der Waals surface area contributed by atoms with Crippen LogP contribution in [-0.4, -0.2) is 38.5 Å². The van der Waals surface area contributed by atoms with E-state index in [1.807, 2.05) is 37.3 Å². The zero-order valence-electron chi connectivity index (χ0n) is 16.4. The standard InChI is InChI=1S/C20H25N3O4S2/c1-3-14-29(26,27)23-20(17-8-6-5-7-9-17)15-19(21-23)16-10-12-18(13-11-16)22-28(24,25)4-2/h5-13,20,22H,3-4,14-15H2,1-2H3/t20-/m1/s1. The van der Waals surface area contributed by atoms with Crippen molar-refractivity contribution in [3.05, 3.63) is 65.7 Å². The van der Waals surface area contributed by atoms with E-state index in [1.54, 1.807) is 31.2 Å². The summed E-state index contributed by atoms with van der Waals surface area (Å²) in [4.78, 5) is 0. The Labute approximate surface area is 172 Å². The monoisotopic (exact) mass is 435 g/mol. The molecule has 0 aromatic heterocycles. The zero-order chi connectivity index (χ0) is 21.1. The summed E-state index contributed by atoms with van der Waals surface area (Å²) in [5.41, 5.74) is 2.77. The van der Waals surface area contributed by atoms with Crippen LogP contribution in [0, 0.1) is 0 Å². The number of rotatable bonds is 8. The van der Waals surface area contributed by atoms with E-state index in [4.69, 9.17) is 0 Å². The van der Waals surface area contributed by atoms with E-state index in [0.717, 1.165) is 11.1 Å². The largest absolute Gasteiger partial charge is 0.284 e. The second-order valence-corrected chi connectivity index (χ2v) is 10.8. The molecule has 0 aliphatic carbocycles. The summed E-state index contributed by atoms with van der Waals surface area (Å²) in [5.74, 6) is 0.0231. The van der Waals surface area contributed by atoms with Gasteiger partial charge in [0.2, 0.25) is 20.0 Å². The Morgan fingerprint density at radius 2 is 1.66 bits per heavy atom. The van der Waals surface area contributed by atoms with Gasteiger partial charge in [0.15, 0.2) is 0 Å². The van der Waals surface area contributed by atoms with Gasteiger partial charge in [-0.25, -0.2) is 16.8 Å². The molecule has 0 spiro atoms. The van der Waals surface area contributed by atoms with Crippen LogP contribution in [-0.2, 0) is 20.0 Å². The van der Waals surface area contributed by atoms with E-state index in [1.165, 1.54) is 4.41 Å². The van der Waals surface area contributed by atoms with Gasteiger partial charge in [-0.2, -0.15) is 9.52 Å². The van der Waals surface area contributed by atoms with Gasteiger partial charge in [0.05, 0.1) is 23.3 Å². The van der Waals surface area contributed by atoms with E-state index < -0.39 is 20.0 Å². The first-order valence-corrected chi connectivity index (χ1v) is 12.8. The van der Waals surface area contributed by atoms with Crippen molar-refractivity contribution in [2.45, 2.75) is 32.7 Å². The third-order valence-electron chi connectivity index (χ3n) is 4.68. The number of benzene rings is 2. The molecule has 9 heteroatoms. The van der Waals surface area contributed by atoms with Crippen LogP contribution in [0.15, 0.2) is 59.7 Å². The van der Waals surface area contributed by atoms with Crippen molar-refractivity contribution in [3.8, 4) is 0 Å². The Morgan fingerprint density at radius 3 is 2.24 bits per heavy atom. The van der Waals surface area contributed by atoms with Crippen LogP contribution >= 0.6 is 0 Å². The van der Waals surface area contributed by atoms with Gasteiger partial charge in [-0.15, -0.1) is 0 Å². The van der Waals surface area contributed by atoms with E-state index in [9.17, 15) is 16.8 Å². The topological polar surface area (TPSA) is 95.9 Å². The molecule has 1 aliphatic heterocycles. The Hall–Kier alpha value is -2.39. The van der Waals surface area contributed by atoms with Crippen LogP contribution in [0.1, 0.15) is 43.9 Å². The molecule has 1 heterocycles. The van der Waals surface area contributed by atoms with E-state index in [0.29, 0.717) is 24.2 Å². The average Bonchev–Trinajstić information content (AvgIpc) is 3.15. The van der Waals surface area contributed by atoms with Gasteiger partial charge in [-0.05, 0) is 36.6 Å². The number of nitrogens with one attached hydrogen (secondary N) is 1. The number of nitrogens with zero attached hydrogens (tertiary/aromatic N) is 2. The number of hydrazone groups is 1. The summed E-state index contributed by atoms with van der Waals surface area (Å²) in [6.07, 6.45) is 0.963. The lowest BCUT2D eigenvalue weighted by atomic mass is 9.99. The molecule has 0 saturated carbocycles. The minimum Gasteiger partial charge on any atom is -0.284 e. The second-order valence-electron chi connectivity index (χ2n) is 6.85. The van der Waals surface area contributed by atoms with Gasteiger partial charge < -0.3 is 0 Å². The van der Waals surface area contributed by atoms with Crippen LogP contribution in [0.25, 0.3) is 0 Å². The highest BCUT2D eigenvalue weighted by molar-refractivity contribution is 7.92. The van der Waals surface area contributed by atoms with Crippen molar-refractivity contribution in [3.63, 3.8) is 0 Å². The summed E-state index contributed by atoms with van der Waals surface area (Å²) in [6.45, 7) is 3.39. The fourth-order valence-corrected chi connectivity index (χ4v) is 5.33. The second kappa shape index (κ2) is 8.54. The van der Waals surface area contributed by atoms with Crippen molar-refractivity contribution >= 4 is 31.4 Å². The molecule has 7 nitrogen and oxygen atoms in total. The minimum absolute atomic E-state index is 0.00946. The summed E-state index contributed by atoms with van der Waals surface area (Å²) in [6, 6.07) is 15.9. The molecule has 1 atom stereocenters. The van der Waals surface area contributed by atoms with E-state index >= 15 is 0 Å². The SMILES string of the molecule is CCCS(=O)(=O)N1N=C(c2ccc(NS(=O)(=O)CC)cc2)C[C@@H]1c1ccccc1. The lowest BCUT2D eigenvalue weighted by molar-refractivity contribution is 0.371. The van der Waals surface area contributed by atoms with Crippen molar-refractivity contribution < 1.29 is 16.8 Å². The fourth-order valence-electron chi connectivity index (χ4n) is 3.18. The van der Waals surface area contributed by atoms with Crippen LogP contribution < -0.4 is 4.72 Å². The van der Waals surface area contributed by atoms with Gasteiger partial charge in [0.1, 0.15) is 0 Å². The lowest BCUT2D eigenvalue weighted by Crippen LogP contribution is -2.29. The Morgan fingerprint density at radius 1 is 1.00 bits per heavy atom. The molecule has 3 rings (SSSR count). The molecule has 2 aromatic carbocycles. The molecular formula is C20H25N3O4S2. The quantitative estimate of drug-likeness (QED) is 0.688. The van der Waals surface area contributed by atoms with Crippen LogP contribution in [0.5, 0.6) is 0 Å². The molecule has 29 heavy (non-hydrogen) atoms. The average molecular weight is 436 g/mol. The van der Waals surface area contributed by atoms with Gasteiger partial charge in [-0.3, -0.25) is 4.72 Å². The third kappa shape index (κ3) is 4.97. The summed E-state index contributed by atoms with van der Waals surface area (Å²) >= 11 is 0. The maximum atomic E-state index is 12.8. The first kappa shape index (κ1) is 21.3. The fraction of sp³-hybridized carbons (Fsp3) is 0.350. The molecule has 1 aliphatic rings. The number of hydrogen-bond donors (Lipinski definition) is 1. The smallest absolute Gasteiger partial charge is 0.250 e. The maximum absolute atomic E-state index is 12.8. The molecule has 0 amide bonds. The summed E-state index contributed by atoms with van der Waals surface area (Å²) in [5, 5.41) is 4.45. The molecule has 0 unspecified atom stereocenters. The number of hydrogen-bond acceptors (Lipinski definition) is 5. The van der Waals surface area contributed by atoms with Gasteiger partial charge in [-0.1, -0.05) is 49.4 Å². The van der Waals surface area contributed by atoms with Crippen molar-refractivity contribution in [2.24, 2.45) is 5.10 Å². The van der Waals surface area contributed by atoms with E-state index in [-0.39, 0.29) is 17.5 Å². The third-order valence-corrected chi connectivity index (χ3v) is 7.81. The van der Waals surface area contributed by atoms with Crippen molar-refractivity contribution in [2.75, 3.05) is 16.2 Å². The number of sulfonamides is 2. The minimum atomic E-state index is -3.53. The normalized spacial score (nSPS) is 17.2. The first-order valence-electron chi connectivity index (χ1n) is 9.51. The lowest BCUT2D eigenvalue weighted by Gasteiger charge is -2.23. The van der Waals surface area contributed by atoms with Crippen molar-refractivity contribution in [1.82, 2.24) is 4.41 Å². The highest BCUT2D eigenvalue weighted by Gasteiger charge is 2.36. The molecule has 1 N–H and O–H groups in total. The Kier molecular flexibility index (Phi) is 6.28. The van der Waals surface area contributed by atoms with Crippen molar-refractivity contribution in [1.29, 1.82) is 0 Å². The Bertz CT molecular complexity index is 1080. The first-order chi connectivity index (χ1) is 13.8.